The van der Waals surface area contributed by atoms with E-state index >= 15 is 0 Å². The number of halogens is 1. The number of phenols is 2. The highest BCUT2D eigenvalue weighted by atomic mass is 35.5. The number of aromatic hydroxyl groups is 2. The number of nitrogens with zero attached hydrogens (tertiary/aromatic N) is 5. The molecule has 7 aromatic rings. The number of ether oxygens (including phenoxy) is 4. The minimum Gasteiger partial charge on any atom is -0.508 e. The largest absolute Gasteiger partial charge is 0.508 e. The highest BCUT2D eigenvalue weighted by Crippen LogP contribution is 2.47. The number of phenolic OH excluding ortho intramolecular Hbond substituents is 2. The van der Waals surface area contributed by atoms with Crippen molar-refractivity contribution >= 4 is 70.9 Å². The molecule has 124 heavy (non-hydrogen) atoms. The number of rotatable bonds is 28. The molecule has 0 radical (unpaired) electrons. The predicted molar refractivity (Wildman–Crippen MR) is 459 cm³/mol. The van der Waals surface area contributed by atoms with Gasteiger partial charge in [0, 0.05) is 35.2 Å². The summed E-state index contributed by atoms with van der Waals surface area (Å²) in [6.45, 7) is 13.9. The van der Waals surface area contributed by atoms with E-state index in [-0.39, 0.29) is 120 Å². The van der Waals surface area contributed by atoms with E-state index < -0.39 is 72.2 Å². The zero-order valence-electron chi connectivity index (χ0n) is 70.4. The number of isocyanates is 2. The van der Waals surface area contributed by atoms with Crippen molar-refractivity contribution in [1.29, 1.82) is 0 Å². The van der Waals surface area contributed by atoms with Gasteiger partial charge in [0.2, 0.25) is 18.1 Å². The molecular formula is C87H117ClN8O28. The van der Waals surface area contributed by atoms with Gasteiger partial charge in [-0.2, -0.15) is 0 Å². The number of aromatic nitrogens is 3. The molecule has 0 bridgehead atoms. The van der Waals surface area contributed by atoms with Gasteiger partial charge < -0.3 is 102 Å². The molecular weight excluding hydrogens is 1640 g/mol. The number of carbonyl (C=O) groups is 6. The lowest BCUT2D eigenvalue weighted by Gasteiger charge is -2.44. The van der Waals surface area contributed by atoms with Gasteiger partial charge in [0.1, 0.15) is 11.5 Å². The van der Waals surface area contributed by atoms with Gasteiger partial charge in [0.05, 0.1) is 158 Å². The fraction of sp³-hybridized carbons (Fsp3) is 0.460. The van der Waals surface area contributed by atoms with Crippen LogP contribution in [0.2, 0.25) is 0 Å². The molecule has 3 fully saturated rings. The lowest BCUT2D eigenvalue weighted by Crippen LogP contribution is -2.55. The first-order valence-corrected chi connectivity index (χ1v) is 40.0. The van der Waals surface area contributed by atoms with E-state index in [1.807, 2.05) is 79.7 Å². The number of carbonyl (C=O) groups excluding carboxylic acids is 5. The number of cyclic esters (lactones) is 2. The molecule has 2 saturated heterocycles. The zero-order valence-corrected chi connectivity index (χ0v) is 71.2. The third-order valence-electron chi connectivity index (χ3n) is 18.9. The third-order valence-corrected chi connectivity index (χ3v) is 19.3. The number of amides is 1. The Balaban J connectivity index is 0.000000473. The van der Waals surface area contributed by atoms with Crippen LogP contribution in [0.5, 0.6) is 11.5 Å². The van der Waals surface area contributed by atoms with Crippen LogP contribution < -0.4 is 33.9 Å². The lowest BCUT2D eigenvalue weighted by atomic mass is 9.63. The van der Waals surface area contributed by atoms with E-state index in [1.54, 1.807) is 36.4 Å². The van der Waals surface area contributed by atoms with Crippen LogP contribution in [0.4, 0.5) is 11.4 Å². The van der Waals surface area contributed by atoms with Gasteiger partial charge in [-0.1, -0.05) is 96.5 Å². The first-order chi connectivity index (χ1) is 58.9. The van der Waals surface area contributed by atoms with Crippen LogP contribution in [-0.4, -0.2) is 245 Å². The van der Waals surface area contributed by atoms with Gasteiger partial charge in [-0.3, -0.25) is 4.79 Å². The molecule has 37 heteroatoms. The van der Waals surface area contributed by atoms with E-state index in [2.05, 4.69) is 54.7 Å². The number of benzene rings is 6. The summed E-state index contributed by atoms with van der Waals surface area (Å²) < 4.78 is 20.8. The number of aromatic carboxylic acids is 3. The van der Waals surface area contributed by atoms with Crippen molar-refractivity contribution < 1.29 is 124 Å². The fourth-order valence-corrected chi connectivity index (χ4v) is 12.2. The quantitative estimate of drug-likeness (QED) is 0.00408. The van der Waals surface area contributed by atoms with Crippen LogP contribution in [0.15, 0.2) is 164 Å². The first kappa shape index (κ1) is 109. The van der Waals surface area contributed by atoms with Crippen molar-refractivity contribution in [2.24, 2.45) is 26.2 Å². The maximum atomic E-state index is 11.8. The number of nitrogens with one attached hydrogen (secondary N) is 1. The number of alkyl halides is 1. The molecule has 6 aromatic carbocycles. The number of aliphatic hydroxyl groups is 8. The van der Waals surface area contributed by atoms with Gasteiger partial charge in [0.25, 0.3) is 0 Å². The summed E-state index contributed by atoms with van der Waals surface area (Å²) in [4.78, 5) is 127. The molecule has 1 aromatic heterocycles. The second-order valence-corrected chi connectivity index (χ2v) is 30.2. The number of hydrogen-bond acceptors (Lipinski definition) is 29. The number of aliphatic imine (C=N–C) groups is 2. The van der Waals surface area contributed by atoms with Crippen LogP contribution in [-0.2, 0) is 64.8 Å². The predicted octanol–water partition coefficient (Wildman–Crippen LogP) is 5.70. The fourth-order valence-electron chi connectivity index (χ4n) is 12.0. The number of esters is 2. The Morgan fingerprint density at radius 2 is 0.984 bits per heavy atom. The van der Waals surface area contributed by atoms with Crippen molar-refractivity contribution in [1.82, 2.24) is 19.0 Å². The Kier molecular flexibility index (Phi) is 50.7. The van der Waals surface area contributed by atoms with E-state index in [9.17, 15) is 63.0 Å². The minimum atomic E-state index is -1.15. The average molecular weight is 1760 g/mol. The standard InChI is InChI=1S/C15H16O2.C13H14N2.C12H18N2O2.C9H15N3O6.C9H4O5.C8H6O4.C6H11NO.C6H14O4.C6H14O3.C3H5ClO/c1-15(2,11-3-7-13(16)8-4-11)12-5-9-14(17)10-6-12;14-12-5-1-10(2-6-12)9-11-3-7-13(15)8-4-11;1-11(2)4-10(14-9-16)5-12(3,6-11)7-13-8-15;13-4-1-10-7(16)11(2-5-14)9(18)12(3-6-15)8(10)17;10-7(11)4-1-2-5-6(3-4)9(13)14-8(5)12;9-7(10)5-1-2-6(4-3-5)8(11)12;8-6-4-2-1-3-5-7-6;7-1-3-9-5-6-10-4-2-8;1-2-6(3-7,4-8)5-9;4-1-3-2-5-3/h3-10,16-17H,1-2H3;1-8H,9,14-15H2;10H,4-7H2,1-3H3;13-15H,1-6H2;1-3H,(H,10,11);1-4H,(H,9,10)(H,11,12);1-5H2,(H,7,8);7-8H,1-6H2;7-9H,2-5H2,1H3;3H,1-2H2/t;;10-,12+;;;;;;;/m..1......./s1. The molecule has 1 aliphatic carbocycles. The normalized spacial score (nSPS) is 15.5. The molecule has 18 N–H and O–H groups in total. The van der Waals surface area contributed by atoms with Gasteiger partial charge >= 0.3 is 46.9 Å². The second-order valence-electron chi connectivity index (χ2n) is 29.9. The zero-order chi connectivity index (χ0) is 93.0. The summed E-state index contributed by atoms with van der Waals surface area (Å²) in [5.74, 6) is -3.37. The Morgan fingerprint density at radius 1 is 0.565 bits per heavy atom. The van der Waals surface area contributed by atoms with Crippen molar-refractivity contribution in [2.45, 2.75) is 137 Å². The van der Waals surface area contributed by atoms with E-state index in [4.69, 9.17) is 93.5 Å². The van der Waals surface area contributed by atoms with Crippen LogP contribution in [0, 0.1) is 16.2 Å². The van der Waals surface area contributed by atoms with Crippen LogP contribution in [0.1, 0.15) is 167 Å². The van der Waals surface area contributed by atoms with Crippen molar-refractivity contribution in [2.75, 3.05) is 116 Å². The van der Waals surface area contributed by atoms with E-state index in [1.165, 1.54) is 53.9 Å². The summed E-state index contributed by atoms with van der Waals surface area (Å²) in [5.41, 5.74) is 14.4. The highest BCUT2D eigenvalue weighted by molar-refractivity contribution is 6.18. The molecule has 36 nitrogen and oxygen atoms in total. The molecule has 3 atom stereocenters. The SMILES string of the molecule is CC(C)(c1ccc(O)cc1)c1ccc(O)cc1.CC1(C)C[C@@H](N=C=O)C[C@](C)(CN=C=O)C1.CCC(CO)(CO)CO.ClCC1CO1.Nc1ccc(Cc2ccc(N)cc2)cc1.O=C(O)c1ccc(C(=O)O)cc1.O=C(O)c1ccc2c(c1)C(=O)OC2=O.O=C1CCCCCN1.O=c1n(CCO)c(=O)n(CCO)c(=O)n1CCO.OCCOCCOCCO. The van der Waals surface area contributed by atoms with Gasteiger partial charge in [-0.05, 0) is 169 Å². The Bertz CT molecular complexity index is 4410. The van der Waals surface area contributed by atoms with Crippen molar-refractivity contribution in [3.05, 3.63) is 221 Å². The summed E-state index contributed by atoms with van der Waals surface area (Å²) in [6.07, 6.45) is 12.0. The molecule has 11 rings (SSSR count). The molecule has 0 spiro atoms. The maximum absolute atomic E-state index is 11.8. The molecule has 3 aliphatic heterocycles. The third kappa shape index (κ3) is 40.3. The molecule has 4 heterocycles. The maximum Gasteiger partial charge on any atom is 0.346 e. The number of nitrogens with two attached hydrogens (primary N) is 2. The van der Waals surface area contributed by atoms with E-state index in [0.29, 0.717) is 65.1 Å². The van der Waals surface area contributed by atoms with Gasteiger partial charge in [-0.25, -0.2) is 71.6 Å². The number of fused-ring (bicyclic) bond motifs is 1. The molecule has 680 valence electrons. The Labute approximate surface area is 721 Å². The molecule has 1 saturated carbocycles. The van der Waals surface area contributed by atoms with Crippen LogP contribution >= 0.6 is 11.6 Å². The summed E-state index contributed by atoms with van der Waals surface area (Å²) in [7, 11) is 0. The number of carboxylic acid groups (broad SMARTS) is 3. The summed E-state index contributed by atoms with van der Waals surface area (Å²) in [5, 5.41) is 116. The average Bonchev–Trinajstić information content (AvgIpc) is 1.12. The van der Waals surface area contributed by atoms with Crippen molar-refractivity contribution in [3.63, 3.8) is 0 Å². The monoisotopic (exact) mass is 1760 g/mol. The topological polar surface area (TPSA) is 595 Å². The Morgan fingerprint density at radius 3 is 1.33 bits per heavy atom. The van der Waals surface area contributed by atoms with E-state index in [0.717, 1.165) is 86.7 Å². The number of carboxylic acids is 3. The van der Waals surface area contributed by atoms with Crippen LogP contribution in [0.25, 0.3) is 0 Å². The summed E-state index contributed by atoms with van der Waals surface area (Å²) >= 11 is 5.27. The van der Waals surface area contributed by atoms with Gasteiger partial charge in [0.15, 0.2) is 0 Å². The number of hydrogen-bond donors (Lipinski definition) is 16. The summed E-state index contributed by atoms with van der Waals surface area (Å²) in [6, 6.07) is 39.0. The smallest absolute Gasteiger partial charge is 0.346 e. The highest BCUT2D eigenvalue weighted by Gasteiger charge is 2.41. The molecule has 4 aliphatic rings. The number of anilines is 2. The van der Waals surface area contributed by atoms with Crippen LogP contribution in [0.3, 0.4) is 0 Å². The van der Waals surface area contributed by atoms with Crippen molar-refractivity contribution in [3.8, 4) is 11.5 Å². The minimum absolute atomic E-state index is 0.00750. The molecule has 1 amide bonds. The molecule has 1 unspecified atom stereocenters. The lowest BCUT2D eigenvalue weighted by molar-refractivity contribution is -0.120. The Hall–Kier alpha value is -11.4. The number of epoxide rings is 1. The number of nitrogen functional groups attached to an aromatic ring is 2. The van der Waals surface area contributed by atoms with Gasteiger partial charge in [-0.15, -0.1) is 11.6 Å². The first-order valence-electron chi connectivity index (χ1n) is 39.4. The number of aliphatic hydroxyl groups excluding tert-OH is 8. The second kappa shape index (κ2) is 57.8.